The normalized spacial score (nSPS) is 10.8. The molecule has 0 radical (unpaired) electrons. The molecule has 106 valence electrons. The summed E-state index contributed by atoms with van der Waals surface area (Å²) in [5.74, 6) is 0.430. The maximum absolute atomic E-state index is 13.5. The average Bonchev–Trinajstić information content (AvgIpc) is 2.84. The number of halogens is 1. The van der Waals surface area contributed by atoms with Crippen LogP contribution in [-0.4, -0.2) is 21.9 Å². The number of nitrogens with one attached hydrogen (secondary N) is 1. The van der Waals surface area contributed by atoms with E-state index in [-0.39, 0.29) is 5.56 Å². The van der Waals surface area contributed by atoms with Gasteiger partial charge in [-0.05, 0) is 18.1 Å². The summed E-state index contributed by atoms with van der Waals surface area (Å²) in [6.45, 7) is 4.24. The van der Waals surface area contributed by atoms with Gasteiger partial charge in [-0.1, -0.05) is 49.1 Å². The first-order valence-corrected chi connectivity index (χ1v) is 7.88. The van der Waals surface area contributed by atoms with Gasteiger partial charge in [-0.25, -0.2) is 4.39 Å². The fraction of sp³-hybridized carbons (Fsp3) is 0.308. The number of hydrogen-bond donors (Lipinski definition) is 1. The van der Waals surface area contributed by atoms with Gasteiger partial charge in [0.1, 0.15) is 5.82 Å². The summed E-state index contributed by atoms with van der Waals surface area (Å²) in [7, 11) is 0. The molecule has 0 bridgehead atoms. The molecule has 1 heterocycles. The lowest BCUT2D eigenvalue weighted by molar-refractivity contribution is 0.102. The highest BCUT2D eigenvalue weighted by atomic mass is 32.2. The standard InChI is InChI=1S/C13H14FN3OS2/c1-8(2)7-19-13-17-16-12(20-13)15-11(18)9-5-3-4-6-10(9)14/h3-6,8H,7H2,1-2H3,(H,15,16,18). The van der Waals surface area contributed by atoms with Crippen LogP contribution in [-0.2, 0) is 0 Å². The molecule has 0 aliphatic rings. The molecule has 1 amide bonds. The Balaban J connectivity index is 2.00. The number of anilines is 1. The Morgan fingerprint density at radius 1 is 1.40 bits per heavy atom. The zero-order valence-corrected chi connectivity index (χ0v) is 12.7. The molecule has 20 heavy (non-hydrogen) atoms. The van der Waals surface area contributed by atoms with Gasteiger partial charge in [0, 0.05) is 5.75 Å². The van der Waals surface area contributed by atoms with E-state index >= 15 is 0 Å². The molecule has 1 aromatic heterocycles. The summed E-state index contributed by atoms with van der Waals surface area (Å²) >= 11 is 2.89. The lowest BCUT2D eigenvalue weighted by atomic mass is 10.2. The Bertz CT molecular complexity index is 601. The molecular formula is C13H14FN3OS2. The minimum atomic E-state index is -0.552. The number of amides is 1. The molecule has 0 aliphatic heterocycles. The molecule has 0 atom stereocenters. The predicted molar refractivity (Wildman–Crippen MR) is 79.8 cm³/mol. The Hall–Kier alpha value is -1.47. The maximum Gasteiger partial charge on any atom is 0.260 e. The zero-order chi connectivity index (χ0) is 14.5. The first kappa shape index (κ1) is 14.9. The summed E-state index contributed by atoms with van der Waals surface area (Å²) in [5, 5.41) is 10.8. The number of rotatable bonds is 5. The fourth-order valence-electron chi connectivity index (χ4n) is 1.37. The molecule has 0 saturated carbocycles. The highest BCUT2D eigenvalue weighted by Gasteiger charge is 2.13. The van der Waals surface area contributed by atoms with Crippen molar-refractivity contribution >= 4 is 34.1 Å². The molecule has 0 unspecified atom stereocenters. The van der Waals surface area contributed by atoms with Gasteiger partial charge in [0.2, 0.25) is 5.13 Å². The third-order valence-electron chi connectivity index (χ3n) is 2.29. The van der Waals surface area contributed by atoms with E-state index in [9.17, 15) is 9.18 Å². The van der Waals surface area contributed by atoms with Crippen LogP contribution in [0.15, 0.2) is 28.6 Å². The van der Waals surface area contributed by atoms with Crippen LogP contribution in [0.4, 0.5) is 9.52 Å². The Kier molecular flexibility index (Phi) is 5.08. The molecule has 4 nitrogen and oxygen atoms in total. The van der Waals surface area contributed by atoms with Crippen LogP contribution in [0, 0.1) is 11.7 Å². The van der Waals surface area contributed by atoms with E-state index in [1.165, 1.54) is 29.5 Å². The number of hydrogen-bond acceptors (Lipinski definition) is 5. The van der Waals surface area contributed by atoms with Crippen LogP contribution >= 0.6 is 23.1 Å². The number of aromatic nitrogens is 2. The maximum atomic E-state index is 13.5. The quantitative estimate of drug-likeness (QED) is 0.676. The smallest absolute Gasteiger partial charge is 0.260 e. The minimum absolute atomic E-state index is 0.000849. The number of carbonyl (C=O) groups excluding carboxylic acids is 1. The van der Waals surface area contributed by atoms with Gasteiger partial charge < -0.3 is 0 Å². The number of carbonyl (C=O) groups is 1. The van der Waals surface area contributed by atoms with Crippen molar-refractivity contribution in [3.8, 4) is 0 Å². The second-order valence-corrected chi connectivity index (χ2v) is 6.76. The molecular weight excluding hydrogens is 297 g/mol. The first-order valence-electron chi connectivity index (χ1n) is 6.08. The van der Waals surface area contributed by atoms with Gasteiger partial charge in [-0.3, -0.25) is 10.1 Å². The molecule has 0 fully saturated rings. The van der Waals surface area contributed by atoms with Crippen molar-refractivity contribution < 1.29 is 9.18 Å². The topological polar surface area (TPSA) is 54.9 Å². The summed E-state index contributed by atoms with van der Waals surface area (Å²) in [6, 6.07) is 5.83. The largest absolute Gasteiger partial charge is 0.296 e. The van der Waals surface area contributed by atoms with Gasteiger partial charge in [-0.2, -0.15) is 0 Å². The van der Waals surface area contributed by atoms with E-state index in [0.717, 1.165) is 10.1 Å². The van der Waals surface area contributed by atoms with Gasteiger partial charge in [0.25, 0.3) is 5.91 Å². The fourth-order valence-corrected chi connectivity index (χ4v) is 3.09. The van der Waals surface area contributed by atoms with Crippen LogP contribution in [0.2, 0.25) is 0 Å². The third kappa shape index (κ3) is 4.01. The van der Waals surface area contributed by atoms with Gasteiger partial charge in [0.05, 0.1) is 5.56 Å². The lowest BCUT2D eigenvalue weighted by Crippen LogP contribution is -2.13. The van der Waals surface area contributed by atoms with Crippen molar-refractivity contribution in [2.24, 2.45) is 5.92 Å². The van der Waals surface area contributed by atoms with Crippen LogP contribution < -0.4 is 5.32 Å². The molecule has 2 rings (SSSR count). The summed E-state index contributed by atoms with van der Waals surface area (Å²) in [4.78, 5) is 11.9. The minimum Gasteiger partial charge on any atom is -0.296 e. The number of nitrogens with zero attached hydrogens (tertiary/aromatic N) is 2. The van der Waals surface area contributed by atoms with Crippen molar-refractivity contribution in [3.05, 3.63) is 35.6 Å². The van der Waals surface area contributed by atoms with Gasteiger partial charge in [0.15, 0.2) is 4.34 Å². The third-order valence-corrected chi connectivity index (χ3v) is 4.68. The van der Waals surface area contributed by atoms with E-state index in [1.54, 1.807) is 17.8 Å². The van der Waals surface area contributed by atoms with Crippen molar-refractivity contribution in [2.75, 3.05) is 11.1 Å². The zero-order valence-electron chi connectivity index (χ0n) is 11.1. The van der Waals surface area contributed by atoms with Crippen LogP contribution in [0.25, 0.3) is 0 Å². The van der Waals surface area contributed by atoms with Gasteiger partial charge >= 0.3 is 0 Å². The van der Waals surface area contributed by atoms with E-state index in [4.69, 9.17) is 0 Å². The predicted octanol–water partition coefficient (Wildman–Crippen LogP) is 3.68. The van der Waals surface area contributed by atoms with E-state index in [1.807, 2.05) is 0 Å². The van der Waals surface area contributed by atoms with Crippen molar-refractivity contribution in [1.29, 1.82) is 0 Å². The summed E-state index contributed by atoms with van der Waals surface area (Å²) < 4.78 is 14.3. The van der Waals surface area contributed by atoms with Crippen LogP contribution in [0.5, 0.6) is 0 Å². The van der Waals surface area contributed by atoms with Gasteiger partial charge in [-0.15, -0.1) is 10.2 Å². The van der Waals surface area contributed by atoms with Crippen molar-refractivity contribution in [1.82, 2.24) is 10.2 Å². The van der Waals surface area contributed by atoms with E-state index < -0.39 is 11.7 Å². The first-order chi connectivity index (χ1) is 9.56. The number of thioether (sulfide) groups is 1. The monoisotopic (exact) mass is 311 g/mol. The van der Waals surface area contributed by atoms with E-state index in [0.29, 0.717) is 11.0 Å². The molecule has 0 saturated heterocycles. The highest BCUT2D eigenvalue weighted by Crippen LogP contribution is 2.27. The average molecular weight is 311 g/mol. The van der Waals surface area contributed by atoms with Crippen LogP contribution in [0.1, 0.15) is 24.2 Å². The molecule has 1 aromatic carbocycles. The molecule has 2 aromatic rings. The van der Waals surface area contributed by atoms with Crippen molar-refractivity contribution in [3.63, 3.8) is 0 Å². The Labute approximate surface area is 124 Å². The van der Waals surface area contributed by atoms with Crippen molar-refractivity contribution in [2.45, 2.75) is 18.2 Å². The SMILES string of the molecule is CC(C)CSc1nnc(NC(=O)c2ccccc2F)s1. The molecule has 7 heteroatoms. The lowest BCUT2D eigenvalue weighted by Gasteiger charge is -2.01. The van der Waals surface area contributed by atoms with E-state index in [2.05, 4.69) is 29.4 Å². The Morgan fingerprint density at radius 2 is 2.15 bits per heavy atom. The molecule has 0 aliphatic carbocycles. The Morgan fingerprint density at radius 3 is 2.85 bits per heavy atom. The second-order valence-electron chi connectivity index (χ2n) is 4.51. The van der Waals surface area contributed by atoms with Crippen LogP contribution in [0.3, 0.4) is 0 Å². The number of benzene rings is 1. The second kappa shape index (κ2) is 6.81. The molecule has 0 spiro atoms. The summed E-state index contributed by atoms with van der Waals surface area (Å²) in [5.41, 5.74) is -0.000849. The summed E-state index contributed by atoms with van der Waals surface area (Å²) in [6.07, 6.45) is 0. The highest BCUT2D eigenvalue weighted by molar-refractivity contribution is 8.01. The molecule has 1 N–H and O–H groups in total.